The van der Waals surface area contributed by atoms with E-state index in [9.17, 15) is 0 Å². The van der Waals surface area contributed by atoms with Crippen molar-refractivity contribution in [2.45, 2.75) is 32.7 Å². The summed E-state index contributed by atoms with van der Waals surface area (Å²) in [5.74, 6) is 0. The smallest absolute Gasteiger partial charge is 0 e. The van der Waals surface area contributed by atoms with E-state index in [0.29, 0.717) is 0 Å². The van der Waals surface area contributed by atoms with Gasteiger partial charge >= 0.3 is 0 Å². The molecule has 1 radical (unpaired) electrons. The normalized spacial score (nSPS) is 7.88. The molecule has 103 valence electrons. The summed E-state index contributed by atoms with van der Waals surface area (Å²) in [6.07, 6.45) is 0.938. The van der Waals surface area contributed by atoms with Crippen LogP contribution in [-0.4, -0.2) is 47.8 Å². The number of hydrogen-bond acceptors (Lipinski definition) is 0. The summed E-state index contributed by atoms with van der Waals surface area (Å²) in [7, 11) is 10.5. The minimum Gasteiger partial charge on any atom is -0.672 e. The second-order valence-corrected chi connectivity index (χ2v) is 3.58. The van der Waals surface area contributed by atoms with Crippen LogP contribution in [0.15, 0.2) is 0 Å². The molecule has 0 fully saturated rings. The van der Waals surface area contributed by atoms with Gasteiger partial charge < -0.3 is 21.7 Å². The van der Waals surface area contributed by atoms with E-state index in [4.69, 9.17) is 5.73 Å². The Bertz CT molecular complexity index is 70.1. The van der Waals surface area contributed by atoms with Crippen LogP contribution < -0.4 is 0 Å². The van der Waals surface area contributed by atoms with Crippen LogP contribution in [0.5, 0.6) is 0 Å². The summed E-state index contributed by atoms with van der Waals surface area (Å²) in [6.45, 7) is 5.84. The molecule has 0 aromatic carbocycles. The summed E-state index contributed by atoms with van der Waals surface area (Å²) < 4.78 is 0. The first-order chi connectivity index (χ1) is 6.80. The first kappa shape index (κ1) is 30.0. The molecule has 0 aliphatic heterocycles. The fourth-order valence-electron chi connectivity index (χ4n) is 0. The van der Waals surface area contributed by atoms with Crippen molar-refractivity contribution < 1.29 is 22.4 Å². The third-order valence-electron chi connectivity index (χ3n) is 0.884. The van der Waals surface area contributed by atoms with Crippen molar-refractivity contribution in [1.29, 1.82) is 0 Å². The number of hydrogen-bond donors (Lipinski definition) is 0. The van der Waals surface area contributed by atoms with Gasteiger partial charge in [0.05, 0.1) is 0 Å². The molecular formula is C11H30N4Ta-4. The molecule has 4 nitrogen and oxygen atoms in total. The Labute approximate surface area is 119 Å². The number of rotatable bonds is 1. The van der Waals surface area contributed by atoms with Gasteiger partial charge in [-0.2, -0.15) is 42.3 Å². The predicted molar refractivity (Wildman–Crippen MR) is 74.3 cm³/mol. The van der Waals surface area contributed by atoms with Gasteiger partial charge in [0.25, 0.3) is 0 Å². The summed E-state index contributed by atoms with van der Waals surface area (Å²) in [4.78, 5) is 0. The third-order valence-corrected chi connectivity index (χ3v) is 0.884. The third kappa shape index (κ3) is 210. The molecule has 0 rings (SSSR count). The van der Waals surface area contributed by atoms with E-state index >= 15 is 0 Å². The first-order valence-electron chi connectivity index (χ1n) is 4.99. The molecule has 0 aliphatic carbocycles. The zero-order chi connectivity index (χ0) is 13.3. The second-order valence-electron chi connectivity index (χ2n) is 3.58. The largest absolute Gasteiger partial charge is 0.672 e. The fraction of sp³-hybridized carbons (Fsp3) is 1.00. The van der Waals surface area contributed by atoms with Crippen molar-refractivity contribution in [3.05, 3.63) is 21.7 Å². The molecule has 0 unspecified atom stereocenters. The Morgan fingerprint density at radius 3 is 0.875 bits per heavy atom. The molecule has 0 spiro atoms. The summed E-state index contributed by atoms with van der Waals surface area (Å²) in [5, 5.41) is 10.5. The Morgan fingerprint density at radius 2 is 0.875 bits per heavy atom. The first-order valence-corrected chi connectivity index (χ1v) is 4.99. The maximum atomic E-state index is 7.18. The molecule has 0 saturated carbocycles. The van der Waals surface area contributed by atoms with Crippen molar-refractivity contribution in [2.75, 3.05) is 42.3 Å². The average Bonchev–Trinajstić information content (AvgIpc) is 2.07. The number of nitrogens with zero attached hydrogens (tertiary/aromatic N) is 3. The second kappa shape index (κ2) is 29.6. The Morgan fingerprint density at radius 1 is 0.812 bits per heavy atom. The summed E-state index contributed by atoms with van der Waals surface area (Å²) in [5.41, 5.74) is 6.97. The molecule has 0 saturated heterocycles. The maximum absolute atomic E-state index is 7.18. The SMILES string of the molecule is CCC(C)(C)[NH-].C[N-]C.C[N-]C.C[N-]C.[Ta]. The molecule has 0 bridgehead atoms. The van der Waals surface area contributed by atoms with Crippen molar-refractivity contribution in [3.63, 3.8) is 0 Å². The van der Waals surface area contributed by atoms with E-state index in [-0.39, 0.29) is 27.9 Å². The summed E-state index contributed by atoms with van der Waals surface area (Å²) in [6, 6.07) is 0. The van der Waals surface area contributed by atoms with Gasteiger partial charge in [-0.25, -0.2) is 0 Å². The van der Waals surface area contributed by atoms with Crippen LogP contribution >= 0.6 is 0 Å². The van der Waals surface area contributed by atoms with Gasteiger partial charge in [-0.3, -0.25) is 0 Å². The maximum Gasteiger partial charge on any atom is 0 e. The minimum atomic E-state index is -0.208. The van der Waals surface area contributed by atoms with Crippen LogP contribution in [0, 0.1) is 0 Å². The topological polar surface area (TPSA) is 66.1 Å². The molecule has 0 aromatic heterocycles. The van der Waals surface area contributed by atoms with Gasteiger partial charge in [-0.1, -0.05) is 27.2 Å². The Kier molecular flexibility index (Phi) is 55.5. The van der Waals surface area contributed by atoms with E-state index in [1.807, 2.05) is 20.8 Å². The monoisotopic (exact) mass is 399 g/mol. The van der Waals surface area contributed by atoms with Crippen LogP contribution in [0.25, 0.3) is 21.7 Å². The predicted octanol–water partition coefficient (Wildman–Crippen LogP) is 4.08. The standard InChI is InChI=1S/C5H12N.3C2H6N.Ta/c1-4-5(2,3)6;3*1-3-2;/h6H,4H2,1-3H3;3*1-2H3;/q4*-1;. The van der Waals surface area contributed by atoms with Crippen molar-refractivity contribution in [3.8, 4) is 0 Å². The molecule has 0 heterocycles. The van der Waals surface area contributed by atoms with Gasteiger partial charge in [-0.15, -0.1) is 5.54 Å². The van der Waals surface area contributed by atoms with Crippen molar-refractivity contribution in [1.82, 2.24) is 0 Å². The van der Waals surface area contributed by atoms with Gasteiger partial charge in [0.2, 0.25) is 0 Å². The zero-order valence-electron chi connectivity index (χ0n) is 12.5. The van der Waals surface area contributed by atoms with E-state index in [2.05, 4.69) is 16.0 Å². The van der Waals surface area contributed by atoms with Gasteiger partial charge in [0, 0.05) is 22.4 Å². The van der Waals surface area contributed by atoms with Crippen LogP contribution in [0.3, 0.4) is 0 Å². The fourth-order valence-corrected chi connectivity index (χ4v) is 0. The van der Waals surface area contributed by atoms with Crippen LogP contribution in [0.2, 0.25) is 0 Å². The molecular weight excluding hydrogens is 369 g/mol. The molecule has 16 heavy (non-hydrogen) atoms. The summed E-state index contributed by atoms with van der Waals surface area (Å²) >= 11 is 0. The molecule has 0 amide bonds. The Hall–Kier alpha value is 0.580. The van der Waals surface area contributed by atoms with Crippen molar-refractivity contribution in [2.24, 2.45) is 0 Å². The van der Waals surface area contributed by atoms with E-state index in [0.717, 1.165) is 6.42 Å². The molecule has 0 aliphatic rings. The minimum absolute atomic E-state index is 0. The van der Waals surface area contributed by atoms with Crippen LogP contribution in [0.1, 0.15) is 27.2 Å². The van der Waals surface area contributed by atoms with Crippen LogP contribution in [-0.2, 0) is 22.4 Å². The van der Waals surface area contributed by atoms with E-state index < -0.39 is 0 Å². The van der Waals surface area contributed by atoms with Gasteiger partial charge in [0.1, 0.15) is 0 Å². The molecule has 5 heteroatoms. The quantitative estimate of drug-likeness (QED) is 0.638. The van der Waals surface area contributed by atoms with Gasteiger partial charge in [-0.05, 0) is 0 Å². The van der Waals surface area contributed by atoms with E-state index in [1.165, 1.54) is 0 Å². The van der Waals surface area contributed by atoms with Crippen molar-refractivity contribution >= 4 is 0 Å². The van der Waals surface area contributed by atoms with Crippen LogP contribution in [0.4, 0.5) is 0 Å². The average molecular weight is 399 g/mol. The van der Waals surface area contributed by atoms with E-state index in [1.54, 1.807) is 42.3 Å². The molecule has 0 atom stereocenters. The number of nitrogens with one attached hydrogen (secondary N) is 1. The van der Waals surface area contributed by atoms with Gasteiger partial charge in [0.15, 0.2) is 0 Å². The molecule has 1 N–H and O–H groups in total. The zero-order valence-corrected chi connectivity index (χ0v) is 15.7. The Balaban J connectivity index is -0.0000000353. The molecule has 0 aromatic rings.